The van der Waals surface area contributed by atoms with Crippen LogP contribution in [0.4, 0.5) is 15.2 Å². The van der Waals surface area contributed by atoms with Crippen molar-refractivity contribution in [1.82, 2.24) is 10.3 Å². The lowest BCUT2D eigenvalue weighted by Gasteiger charge is -2.23. The maximum absolute atomic E-state index is 14.9. The molecule has 0 bridgehead atoms. The Balaban J connectivity index is 1.37. The van der Waals surface area contributed by atoms with Crippen molar-refractivity contribution in [2.24, 2.45) is 0 Å². The molecule has 0 atom stereocenters. The monoisotopic (exact) mass is 551 g/mol. The number of hydrogen-bond acceptors (Lipinski definition) is 5. The Morgan fingerprint density at radius 2 is 1.48 bits per heavy atom. The van der Waals surface area contributed by atoms with Crippen LogP contribution in [0, 0.1) is 5.82 Å². The first-order valence-corrected chi connectivity index (χ1v) is 13.6. The number of benzene rings is 4. The van der Waals surface area contributed by atoms with Crippen LogP contribution < -0.4 is 10.2 Å². The molecule has 6 nitrogen and oxygen atoms in total. The molecule has 5 rings (SSSR count). The summed E-state index contributed by atoms with van der Waals surface area (Å²) in [5.74, 6) is -1.68. The van der Waals surface area contributed by atoms with Crippen LogP contribution in [0.2, 0.25) is 0 Å². The summed E-state index contributed by atoms with van der Waals surface area (Å²) in [7, 11) is 0. The molecule has 0 aliphatic rings. The van der Waals surface area contributed by atoms with Crippen LogP contribution in [0.1, 0.15) is 22.3 Å². The lowest BCUT2D eigenvalue weighted by Crippen LogP contribution is -2.26. The highest BCUT2D eigenvalue weighted by molar-refractivity contribution is 7.14. The third-order valence-corrected chi connectivity index (χ3v) is 7.20. The van der Waals surface area contributed by atoms with Gasteiger partial charge in [0.15, 0.2) is 5.13 Å². The van der Waals surface area contributed by atoms with Crippen molar-refractivity contribution in [2.45, 2.75) is 13.0 Å². The van der Waals surface area contributed by atoms with Gasteiger partial charge in [-0.05, 0) is 41.0 Å². The number of carboxylic acid groups (broad SMARTS) is 1. The van der Waals surface area contributed by atoms with Crippen molar-refractivity contribution in [3.8, 4) is 22.4 Å². The van der Waals surface area contributed by atoms with Gasteiger partial charge in [0.1, 0.15) is 5.82 Å². The van der Waals surface area contributed by atoms with E-state index >= 15 is 0 Å². The number of amides is 1. The van der Waals surface area contributed by atoms with Gasteiger partial charge < -0.3 is 15.3 Å². The predicted octanol–water partition coefficient (Wildman–Crippen LogP) is 7.16. The van der Waals surface area contributed by atoms with E-state index < -0.39 is 5.97 Å². The molecule has 4 aromatic carbocycles. The summed E-state index contributed by atoms with van der Waals surface area (Å²) in [5.41, 5.74) is 5.70. The van der Waals surface area contributed by atoms with Crippen molar-refractivity contribution in [1.29, 1.82) is 0 Å². The first-order chi connectivity index (χ1) is 19.5. The van der Waals surface area contributed by atoms with Gasteiger partial charge in [-0.15, -0.1) is 11.3 Å². The highest BCUT2D eigenvalue weighted by Crippen LogP contribution is 2.35. The molecule has 0 aliphatic heterocycles. The molecule has 200 valence electrons. The molecule has 0 spiro atoms. The normalized spacial score (nSPS) is 10.7. The molecule has 0 saturated carbocycles. The molecule has 1 amide bonds. The molecule has 2 N–H and O–H groups in total. The van der Waals surface area contributed by atoms with Crippen LogP contribution in [0.15, 0.2) is 109 Å². The molecule has 0 radical (unpaired) electrons. The van der Waals surface area contributed by atoms with E-state index in [0.29, 0.717) is 22.9 Å². The zero-order valence-electron chi connectivity index (χ0n) is 21.5. The van der Waals surface area contributed by atoms with Gasteiger partial charge in [-0.3, -0.25) is 9.59 Å². The highest BCUT2D eigenvalue weighted by atomic mass is 32.1. The number of hydrogen-bond donors (Lipinski definition) is 2. The third-order valence-electron chi connectivity index (χ3n) is 6.34. The van der Waals surface area contributed by atoms with Crippen LogP contribution in [0.3, 0.4) is 0 Å². The summed E-state index contributed by atoms with van der Waals surface area (Å²) >= 11 is 1.43. The minimum atomic E-state index is -0.974. The summed E-state index contributed by atoms with van der Waals surface area (Å²) in [6, 6.07) is 31.9. The maximum atomic E-state index is 14.9. The number of rotatable bonds is 10. The zero-order chi connectivity index (χ0) is 27.9. The Labute approximate surface area is 235 Å². The van der Waals surface area contributed by atoms with Crippen molar-refractivity contribution in [3.63, 3.8) is 0 Å². The highest BCUT2D eigenvalue weighted by Gasteiger charge is 2.18. The SMILES string of the molecule is O=C(O)CCNC(=O)c1ccc(CN(c2nc(-c3ccc(-c4ccccc4)cc3)cs2)c2ccccc2F)cc1. The van der Waals surface area contributed by atoms with Crippen molar-refractivity contribution in [3.05, 3.63) is 125 Å². The third kappa shape index (κ3) is 6.42. The van der Waals surface area contributed by atoms with E-state index in [0.717, 1.165) is 27.9 Å². The minimum absolute atomic E-state index is 0.0539. The van der Waals surface area contributed by atoms with Crippen molar-refractivity contribution >= 4 is 34.0 Å². The molecule has 0 unspecified atom stereocenters. The average Bonchev–Trinajstić information content (AvgIpc) is 3.47. The molecule has 40 heavy (non-hydrogen) atoms. The van der Waals surface area contributed by atoms with Crippen LogP contribution in [0.5, 0.6) is 0 Å². The van der Waals surface area contributed by atoms with Gasteiger partial charge >= 0.3 is 5.97 Å². The Bertz CT molecular complexity index is 1600. The molecule has 0 fully saturated rings. The van der Waals surface area contributed by atoms with E-state index in [1.807, 2.05) is 40.6 Å². The van der Waals surface area contributed by atoms with Crippen molar-refractivity contribution < 1.29 is 19.1 Å². The quantitative estimate of drug-likeness (QED) is 0.192. The Hall–Kier alpha value is -4.82. The molecule has 0 aliphatic carbocycles. The fraction of sp³-hybridized carbons (Fsp3) is 0.0938. The number of aliphatic carboxylic acids is 1. The van der Waals surface area contributed by atoms with Crippen LogP contribution in [0.25, 0.3) is 22.4 Å². The minimum Gasteiger partial charge on any atom is -0.481 e. The van der Waals surface area contributed by atoms with Gasteiger partial charge in [-0.25, -0.2) is 9.37 Å². The fourth-order valence-electron chi connectivity index (χ4n) is 4.24. The van der Waals surface area contributed by atoms with Crippen LogP contribution in [-0.2, 0) is 11.3 Å². The van der Waals surface area contributed by atoms with Crippen molar-refractivity contribution in [2.75, 3.05) is 11.4 Å². The molecular weight excluding hydrogens is 525 g/mol. The Kier molecular flexibility index (Phi) is 8.27. The molecule has 5 aromatic rings. The number of carbonyl (C=O) groups is 2. The van der Waals surface area contributed by atoms with E-state index in [2.05, 4.69) is 29.6 Å². The number of halogens is 1. The number of aromatic nitrogens is 1. The van der Waals surface area contributed by atoms with E-state index in [9.17, 15) is 14.0 Å². The molecule has 1 aromatic heterocycles. The maximum Gasteiger partial charge on any atom is 0.305 e. The summed E-state index contributed by atoms with van der Waals surface area (Å²) in [5, 5.41) is 14.0. The van der Waals surface area contributed by atoms with E-state index in [-0.39, 0.29) is 24.7 Å². The predicted molar refractivity (Wildman–Crippen MR) is 156 cm³/mol. The van der Waals surface area contributed by atoms with Gasteiger partial charge in [0, 0.05) is 23.1 Å². The molecular formula is C32H26FN3O3S. The number of thiazole rings is 1. The van der Waals surface area contributed by atoms with E-state index in [1.165, 1.54) is 17.4 Å². The van der Waals surface area contributed by atoms with Gasteiger partial charge in [0.25, 0.3) is 5.91 Å². The first kappa shape index (κ1) is 26.8. The van der Waals surface area contributed by atoms with E-state index in [4.69, 9.17) is 10.1 Å². The van der Waals surface area contributed by atoms with E-state index in [1.54, 1.807) is 42.5 Å². The number of carbonyl (C=O) groups excluding carboxylic acids is 1. The standard InChI is InChI=1S/C32H26FN3O3S/c33-27-8-4-5-9-29(27)36(20-22-10-12-26(13-11-22)31(39)34-19-18-30(37)38)32-35-28(21-40-32)25-16-14-24(15-17-25)23-6-2-1-3-7-23/h1-17,21H,18-20H2,(H,34,39)(H,37,38). The number of nitrogens with one attached hydrogen (secondary N) is 1. The Morgan fingerprint density at radius 1 is 0.825 bits per heavy atom. The summed E-state index contributed by atoms with van der Waals surface area (Å²) in [4.78, 5) is 29.7. The topological polar surface area (TPSA) is 82.5 Å². The number of carboxylic acids is 1. The zero-order valence-corrected chi connectivity index (χ0v) is 22.3. The van der Waals surface area contributed by atoms with Gasteiger partial charge in [-0.1, -0.05) is 78.9 Å². The lowest BCUT2D eigenvalue weighted by molar-refractivity contribution is -0.136. The number of anilines is 2. The van der Waals surface area contributed by atoms with Gasteiger partial charge in [-0.2, -0.15) is 0 Å². The van der Waals surface area contributed by atoms with Crippen LogP contribution >= 0.6 is 11.3 Å². The molecule has 0 saturated heterocycles. The second kappa shape index (κ2) is 12.4. The van der Waals surface area contributed by atoms with Gasteiger partial charge in [0.05, 0.1) is 24.3 Å². The second-order valence-electron chi connectivity index (χ2n) is 9.09. The second-order valence-corrected chi connectivity index (χ2v) is 9.93. The first-order valence-electron chi connectivity index (χ1n) is 12.7. The largest absolute Gasteiger partial charge is 0.481 e. The molecule has 8 heteroatoms. The smallest absolute Gasteiger partial charge is 0.305 e. The lowest BCUT2D eigenvalue weighted by atomic mass is 10.0. The van der Waals surface area contributed by atoms with Crippen LogP contribution in [-0.4, -0.2) is 28.5 Å². The fourth-order valence-corrected chi connectivity index (χ4v) is 5.09. The Morgan fingerprint density at radius 3 is 2.17 bits per heavy atom. The van der Waals surface area contributed by atoms with Gasteiger partial charge in [0.2, 0.25) is 0 Å². The summed E-state index contributed by atoms with van der Waals surface area (Å²) < 4.78 is 14.9. The average molecular weight is 552 g/mol. The summed E-state index contributed by atoms with van der Waals surface area (Å²) in [6.45, 7) is 0.389. The number of para-hydroxylation sites is 1. The molecule has 1 heterocycles. The number of nitrogens with zero attached hydrogens (tertiary/aromatic N) is 2. The summed E-state index contributed by atoms with van der Waals surface area (Å²) in [6.07, 6.45) is -0.144.